The molecule has 6 heteroatoms. The zero-order valence-electron chi connectivity index (χ0n) is 11.8. The topological polar surface area (TPSA) is 65.0 Å². The summed E-state index contributed by atoms with van der Waals surface area (Å²) in [6, 6.07) is 6.96. The molecule has 3 rings (SSSR count). The van der Waals surface area contributed by atoms with Crippen LogP contribution < -0.4 is 0 Å². The minimum Gasteiger partial charge on any atom is -0.478 e. The molecule has 1 aromatic rings. The van der Waals surface area contributed by atoms with E-state index in [1.165, 1.54) is 0 Å². The van der Waals surface area contributed by atoms with E-state index in [9.17, 15) is 9.90 Å². The van der Waals surface area contributed by atoms with E-state index in [4.69, 9.17) is 14.2 Å². The summed E-state index contributed by atoms with van der Waals surface area (Å²) in [5.74, 6) is -1.57. The number of fused-ring (bicyclic) bond motifs is 1. The van der Waals surface area contributed by atoms with Gasteiger partial charge in [0.05, 0.1) is 11.7 Å². The third kappa shape index (κ3) is 2.85. The van der Waals surface area contributed by atoms with Crippen molar-refractivity contribution in [2.45, 2.75) is 49.4 Å². The fourth-order valence-electron chi connectivity index (χ4n) is 2.92. The van der Waals surface area contributed by atoms with E-state index in [1.807, 2.05) is 26.0 Å². The molecule has 5 nitrogen and oxygen atoms in total. The van der Waals surface area contributed by atoms with Crippen LogP contribution in [-0.2, 0) is 20.6 Å². The molecule has 2 saturated heterocycles. The lowest BCUT2D eigenvalue weighted by atomic mass is 9.98. The van der Waals surface area contributed by atoms with Gasteiger partial charge in [0.15, 0.2) is 5.79 Å². The maximum Gasteiger partial charge on any atom is 0.335 e. The number of carboxylic acid groups (broad SMARTS) is 1. The van der Waals surface area contributed by atoms with Crippen LogP contribution in [-0.4, -0.2) is 40.2 Å². The first kappa shape index (κ1) is 15.0. The van der Waals surface area contributed by atoms with Crippen LogP contribution in [0.1, 0.15) is 29.8 Å². The molecule has 1 aromatic carbocycles. The SMILES string of the molecule is CC1(C)O[C@@H]2[C@@H](Cc3ccccc3C(=O)O)OC(Br)[C@@H]2O1. The lowest BCUT2D eigenvalue weighted by Crippen LogP contribution is -2.31. The van der Waals surface area contributed by atoms with Crippen LogP contribution in [0.4, 0.5) is 0 Å². The number of hydrogen-bond donors (Lipinski definition) is 1. The van der Waals surface area contributed by atoms with Crippen LogP contribution in [0.3, 0.4) is 0 Å². The molecule has 1 N–H and O–H groups in total. The lowest BCUT2D eigenvalue weighted by Gasteiger charge is -2.23. The molecule has 0 aromatic heterocycles. The molecular formula is C15H17BrO5. The first-order chi connectivity index (χ1) is 9.87. The summed E-state index contributed by atoms with van der Waals surface area (Å²) in [7, 11) is 0. The molecule has 2 fully saturated rings. The highest BCUT2D eigenvalue weighted by molar-refractivity contribution is 9.09. The zero-order chi connectivity index (χ0) is 15.2. The van der Waals surface area contributed by atoms with Gasteiger partial charge in [0.1, 0.15) is 17.2 Å². The summed E-state index contributed by atoms with van der Waals surface area (Å²) < 4.78 is 17.6. The Morgan fingerprint density at radius 1 is 1.29 bits per heavy atom. The van der Waals surface area contributed by atoms with Crippen molar-refractivity contribution in [2.75, 3.05) is 0 Å². The predicted molar refractivity (Wildman–Crippen MR) is 78.5 cm³/mol. The van der Waals surface area contributed by atoms with Gasteiger partial charge in [-0.15, -0.1) is 0 Å². The Morgan fingerprint density at radius 3 is 2.67 bits per heavy atom. The quantitative estimate of drug-likeness (QED) is 0.843. The first-order valence-electron chi connectivity index (χ1n) is 6.84. The number of carboxylic acids is 1. The van der Waals surface area contributed by atoms with E-state index in [1.54, 1.807) is 12.1 Å². The van der Waals surface area contributed by atoms with E-state index < -0.39 is 11.8 Å². The van der Waals surface area contributed by atoms with Gasteiger partial charge in [-0.2, -0.15) is 0 Å². The van der Waals surface area contributed by atoms with Gasteiger partial charge in [0, 0.05) is 6.42 Å². The van der Waals surface area contributed by atoms with Gasteiger partial charge < -0.3 is 19.3 Å². The lowest BCUT2D eigenvalue weighted by molar-refractivity contribution is -0.177. The molecule has 2 aliphatic rings. The van der Waals surface area contributed by atoms with Gasteiger partial charge in [-0.05, 0) is 25.5 Å². The van der Waals surface area contributed by atoms with E-state index in [-0.39, 0.29) is 23.3 Å². The second kappa shape index (κ2) is 5.35. The van der Waals surface area contributed by atoms with Crippen molar-refractivity contribution in [2.24, 2.45) is 0 Å². The normalized spacial score (nSPS) is 33.9. The molecule has 0 bridgehead atoms. The molecule has 0 radical (unpaired) electrons. The van der Waals surface area contributed by atoms with Crippen molar-refractivity contribution in [3.63, 3.8) is 0 Å². The Balaban J connectivity index is 1.81. The van der Waals surface area contributed by atoms with E-state index in [0.29, 0.717) is 12.0 Å². The minimum atomic E-state index is -0.931. The number of alkyl halides is 1. The van der Waals surface area contributed by atoms with Crippen molar-refractivity contribution < 1.29 is 24.1 Å². The number of benzene rings is 1. The van der Waals surface area contributed by atoms with Gasteiger partial charge in [0.2, 0.25) is 0 Å². The summed E-state index contributed by atoms with van der Waals surface area (Å²) in [6.45, 7) is 3.74. The number of hydrogen-bond acceptors (Lipinski definition) is 4. The van der Waals surface area contributed by atoms with Crippen LogP contribution in [0.2, 0.25) is 0 Å². The maximum atomic E-state index is 11.3. The smallest absolute Gasteiger partial charge is 0.335 e. The molecular weight excluding hydrogens is 340 g/mol. The third-order valence-corrected chi connectivity index (χ3v) is 4.50. The molecule has 1 unspecified atom stereocenters. The van der Waals surface area contributed by atoms with Gasteiger partial charge >= 0.3 is 5.97 Å². The average Bonchev–Trinajstić information content (AvgIpc) is 2.86. The molecule has 21 heavy (non-hydrogen) atoms. The molecule has 0 amide bonds. The highest BCUT2D eigenvalue weighted by atomic mass is 79.9. The Morgan fingerprint density at radius 2 is 1.95 bits per heavy atom. The van der Waals surface area contributed by atoms with Crippen molar-refractivity contribution in [3.05, 3.63) is 35.4 Å². The van der Waals surface area contributed by atoms with Crippen LogP contribution in [0.25, 0.3) is 0 Å². The van der Waals surface area contributed by atoms with Crippen molar-refractivity contribution in [1.82, 2.24) is 0 Å². The molecule has 0 saturated carbocycles. The second-order valence-electron chi connectivity index (χ2n) is 5.76. The van der Waals surface area contributed by atoms with Gasteiger partial charge in [-0.3, -0.25) is 0 Å². The Bertz CT molecular complexity index is 559. The third-order valence-electron chi connectivity index (χ3n) is 3.76. The fourth-order valence-corrected chi connectivity index (χ4v) is 3.60. The van der Waals surface area contributed by atoms with E-state index in [0.717, 1.165) is 5.56 Å². The largest absolute Gasteiger partial charge is 0.478 e. The summed E-state index contributed by atoms with van der Waals surface area (Å²) >= 11 is 3.45. The predicted octanol–water partition coefficient (Wildman–Crippen LogP) is 2.57. The zero-order valence-corrected chi connectivity index (χ0v) is 13.4. The molecule has 0 aliphatic carbocycles. The van der Waals surface area contributed by atoms with Crippen LogP contribution in [0, 0.1) is 0 Å². The van der Waals surface area contributed by atoms with E-state index in [2.05, 4.69) is 15.9 Å². The number of ether oxygens (including phenoxy) is 3. The van der Waals surface area contributed by atoms with Crippen molar-refractivity contribution >= 4 is 21.9 Å². The number of carbonyl (C=O) groups is 1. The summed E-state index contributed by atoms with van der Waals surface area (Å²) in [5, 5.41) is 9.01. The summed E-state index contributed by atoms with van der Waals surface area (Å²) in [5.41, 5.74) is 1.04. The second-order valence-corrected chi connectivity index (χ2v) is 6.66. The van der Waals surface area contributed by atoms with Gasteiger partial charge in [-0.1, -0.05) is 34.1 Å². The summed E-state index contributed by atoms with van der Waals surface area (Å²) in [6.07, 6.45) is -0.139. The molecule has 2 heterocycles. The summed E-state index contributed by atoms with van der Waals surface area (Å²) in [4.78, 5) is 11.3. The molecule has 2 aliphatic heterocycles. The Labute approximate surface area is 131 Å². The minimum absolute atomic E-state index is 0.179. The van der Waals surface area contributed by atoms with Crippen molar-refractivity contribution in [3.8, 4) is 0 Å². The molecule has 114 valence electrons. The standard InChI is InChI=1S/C15H17BrO5/c1-15(2)20-11-10(19-13(16)12(11)21-15)7-8-5-3-4-6-9(8)14(17)18/h3-6,10-13H,7H2,1-2H3,(H,17,18)/t10-,11-,12-,13?/m1/s1. The monoisotopic (exact) mass is 356 g/mol. The van der Waals surface area contributed by atoms with Crippen LogP contribution >= 0.6 is 15.9 Å². The maximum absolute atomic E-state index is 11.3. The number of aromatic carboxylic acids is 1. The van der Waals surface area contributed by atoms with Crippen LogP contribution in [0.5, 0.6) is 0 Å². The Kier molecular flexibility index (Phi) is 3.81. The average molecular weight is 357 g/mol. The van der Waals surface area contributed by atoms with Gasteiger partial charge in [-0.25, -0.2) is 4.79 Å². The molecule has 0 spiro atoms. The highest BCUT2D eigenvalue weighted by Gasteiger charge is 2.54. The number of halogens is 1. The number of rotatable bonds is 3. The van der Waals surface area contributed by atoms with Crippen molar-refractivity contribution in [1.29, 1.82) is 0 Å². The first-order valence-corrected chi connectivity index (χ1v) is 7.75. The van der Waals surface area contributed by atoms with Crippen LogP contribution in [0.15, 0.2) is 24.3 Å². The Hall–Kier alpha value is -0.950. The highest BCUT2D eigenvalue weighted by Crippen LogP contribution is 2.41. The van der Waals surface area contributed by atoms with Gasteiger partial charge in [0.25, 0.3) is 0 Å². The molecule has 4 atom stereocenters. The van der Waals surface area contributed by atoms with E-state index >= 15 is 0 Å². The fraction of sp³-hybridized carbons (Fsp3) is 0.533.